The fourth-order valence-corrected chi connectivity index (χ4v) is 3.17. The molecule has 0 N–H and O–H groups in total. The monoisotopic (exact) mass is 296 g/mol. The summed E-state index contributed by atoms with van der Waals surface area (Å²) >= 11 is 0. The number of benzene rings is 1. The molecule has 0 aromatic heterocycles. The van der Waals surface area contributed by atoms with Gasteiger partial charge in [-0.15, -0.1) is 0 Å². The highest BCUT2D eigenvalue weighted by Crippen LogP contribution is 2.32. The molecular formula is C18H26F2O. The molecule has 0 radical (unpaired) electrons. The van der Waals surface area contributed by atoms with Gasteiger partial charge in [0.15, 0.2) is 11.6 Å². The third-order valence-electron chi connectivity index (χ3n) is 4.57. The van der Waals surface area contributed by atoms with Crippen molar-refractivity contribution >= 4 is 0 Å². The second-order valence-electron chi connectivity index (χ2n) is 6.25. The Hall–Kier alpha value is -1.12. The van der Waals surface area contributed by atoms with Crippen molar-refractivity contribution in [2.24, 2.45) is 11.8 Å². The third kappa shape index (κ3) is 4.98. The summed E-state index contributed by atoms with van der Waals surface area (Å²) in [6.07, 6.45) is 10.1. The molecular weight excluding hydrogens is 270 g/mol. The molecule has 1 aromatic carbocycles. The largest absolute Gasteiger partial charge is 0.490 e. The summed E-state index contributed by atoms with van der Waals surface area (Å²) in [5.41, 5.74) is 0. The van der Waals surface area contributed by atoms with Crippen molar-refractivity contribution in [3.05, 3.63) is 29.8 Å². The number of hydrogen-bond donors (Lipinski definition) is 0. The topological polar surface area (TPSA) is 9.23 Å². The predicted molar refractivity (Wildman–Crippen MR) is 81.4 cm³/mol. The minimum atomic E-state index is -0.870. The SMILES string of the molecule is CCCCC[C@H]1CC[C@H](COc2cccc(F)c2F)CC1. The zero-order valence-electron chi connectivity index (χ0n) is 12.9. The van der Waals surface area contributed by atoms with E-state index in [2.05, 4.69) is 6.92 Å². The number of halogens is 2. The lowest BCUT2D eigenvalue weighted by molar-refractivity contribution is 0.172. The molecule has 0 bridgehead atoms. The summed E-state index contributed by atoms with van der Waals surface area (Å²) in [6.45, 7) is 2.74. The lowest BCUT2D eigenvalue weighted by atomic mass is 9.80. The van der Waals surface area contributed by atoms with Crippen LogP contribution in [0.15, 0.2) is 18.2 Å². The maximum absolute atomic E-state index is 13.5. The molecule has 0 aliphatic heterocycles. The summed E-state index contributed by atoms with van der Waals surface area (Å²) in [5.74, 6) is -0.327. The standard InChI is InChI=1S/C18H26F2O/c1-2-3-4-6-14-9-11-15(12-10-14)13-21-17-8-5-7-16(19)18(17)20/h5,7-8,14-15H,2-4,6,9-13H2,1H3/t14-,15-. The first kappa shape index (κ1) is 16.3. The zero-order chi connectivity index (χ0) is 15.1. The van der Waals surface area contributed by atoms with E-state index in [1.165, 1.54) is 50.7 Å². The lowest BCUT2D eigenvalue weighted by Gasteiger charge is -2.28. The van der Waals surface area contributed by atoms with E-state index in [4.69, 9.17) is 4.74 Å². The molecule has 0 atom stereocenters. The van der Waals surface area contributed by atoms with Gasteiger partial charge >= 0.3 is 0 Å². The number of rotatable bonds is 7. The molecule has 21 heavy (non-hydrogen) atoms. The highest BCUT2D eigenvalue weighted by atomic mass is 19.2. The minimum absolute atomic E-state index is 0.0417. The van der Waals surface area contributed by atoms with E-state index in [0.29, 0.717) is 12.5 Å². The highest BCUT2D eigenvalue weighted by molar-refractivity contribution is 5.25. The van der Waals surface area contributed by atoms with Gasteiger partial charge in [-0.1, -0.05) is 51.5 Å². The first-order chi connectivity index (χ1) is 10.2. The van der Waals surface area contributed by atoms with Crippen molar-refractivity contribution in [3.8, 4) is 5.75 Å². The molecule has 0 heterocycles. The smallest absolute Gasteiger partial charge is 0.200 e. The molecule has 0 unspecified atom stereocenters. The first-order valence-corrected chi connectivity index (χ1v) is 8.27. The molecule has 1 saturated carbocycles. The summed E-state index contributed by atoms with van der Waals surface area (Å²) in [5, 5.41) is 0. The van der Waals surface area contributed by atoms with Gasteiger partial charge in [-0.2, -0.15) is 4.39 Å². The molecule has 0 amide bonds. The van der Waals surface area contributed by atoms with Crippen LogP contribution in [0.2, 0.25) is 0 Å². The van der Waals surface area contributed by atoms with Crippen LogP contribution in [0.1, 0.15) is 58.3 Å². The van der Waals surface area contributed by atoms with Gasteiger partial charge in [0.1, 0.15) is 0 Å². The summed E-state index contributed by atoms with van der Waals surface area (Å²) in [7, 11) is 0. The Morgan fingerprint density at radius 2 is 1.76 bits per heavy atom. The van der Waals surface area contributed by atoms with Crippen molar-refractivity contribution in [1.29, 1.82) is 0 Å². The lowest BCUT2D eigenvalue weighted by Crippen LogP contribution is -2.20. The fraction of sp³-hybridized carbons (Fsp3) is 0.667. The molecule has 118 valence electrons. The van der Waals surface area contributed by atoms with Crippen molar-refractivity contribution in [3.63, 3.8) is 0 Å². The molecule has 2 rings (SSSR count). The summed E-state index contributed by atoms with van der Waals surface area (Å²) < 4.78 is 32.1. The van der Waals surface area contributed by atoms with Gasteiger partial charge in [0.25, 0.3) is 0 Å². The van der Waals surface area contributed by atoms with E-state index in [0.717, 1.165) is 24.8 Å². The van der Waals surface area contributed by atoms with Crippen molar-refractivity contribution in [1.82, 2.24) is 0 Å². The van der Waals surface area contributed by atoms with E-state index < -0.39 is 11.6 Å². The van der Waals surface area contributed by atoms with Crippen LogP contribution in [0.25, 0.3) is 0 Å². The van der Waals surface area contributed by atoms with Gasteiger partial charge in [-0.25, -0.2) is 4.39 Å². The number of ether oxygens (including phenoxy) is 1. The number of unbranched alkanes of at least 4 members (excludes halogenated alkanes) is 2. The maximum Gasteiger partial charge on any atom is 0.200 e. The Morgan fingerprint density at radius 3 is 2.48 bits per heavy atom. The molecule has 0 saturated heterocycles. The van der Waals surface area contributed by atoms with Crippen LogP contribution in [0.3, 0.4) is 0 Å². The van der Waals surface area contributed by atoms with E-state index in [1.54, 1.807) is 0 Å². The van der Waals surface area contributed by atoms with Crippen LogP contribution in [-0.2, 0) is 0 Å². The van der Waals surface area contributed by atoms with Crippen LogP contribution in [0, 0.1) is 23.5 Å². The van der Waals surface area contributed by atoms with Gasteiger partial charge in [0.05, 0.1) is 6.61 Å². The predicted octanol–water partition coefficient (Wildman–Crippen LogP) is 5.73. The van der Waals surface area contributed by atoms with Crippen molar-refractivity contribution in [2.45, 2.75) is 58.3 Å². The molecule has 1 nitrogen and oxygen atoms in total. The molecule has 3 heteroatoms. The molecule has 1 aromatic rings. The zero-order valence-corrected chi connectivity index (χ0v) is 12.9. The minimum Gasteiger partial charge on any atom is -0.490 e. The van der Waals surface area contributed by atoms with E-state index >= 15 is 0 Å². The second-order valence-corrected chi connectivity index (χ2v) is 6.25. The highest BCUT2D eigenvalue weighted by Gasteiger charge is 2.21. The van der Waals surface area contributed by atoms with Gasteiger partial charge in [-0.05, 0) is 36.8 Å². The first-order valence-electron chi connectivity index (χ1n) is 8.27. The summed E-state index contributed by atoms with van der Waals surface area (Å²) in [4.78, 5) is 0. The molecule has 1 aliphatic carbocycles. The quantitative estimate of drug-likeness (QED) is 0.584. The van der Waals surface area contributed by atoms with Crippen LogP contribution in [0.4, 0.5) is 8.78 Å². The third-order valence-corrected chi connectivity index (χ3v) is 4.57. The van der Waals surface area contributed by atoms with Gasteiger partial charge in [0.2, 0.25) is 5.82 Å². The van der Waals surface area contributed by atoms with Crippen LogP contribution < -0.4 is 4.74 Å². The van der Waals surface area contributed by atoms with E-state index in [9.17, 15) is 8.78 Å². The second kappa shape index (κ2) is 8.35. The van der Waals surface area contributed by atoms with E-state index in [-0.39, 0.29) is 5.75 Å². The number of hydrogen-bond acceptors (Lipinski definition) is 1. The van der Waals surface area contributed by atoms with Crippen LogP contribution >= 0.6 is 0 Å². The average Bonchev–Trinajstić information content (AvgIpc) is 2.50. The average molecular weight is 296 g/mol. The Balaban J connectivity index is 1.70. The van der Waals surface area contributed by atoms with Crippen molar-refractivity contribution < 1.29 is 13.5 Å². The van der Waals surface area contributed by atoms with Gasteiger partial charge in [0, 0.05) is 0 Å². The van der Waals surface area contributed by atoms with Crippen LogP contribution in [0.5, 0.6) is 5.75 Å². The van der Waals surface area contributed by atoms with E-state index in [1.807, 2.05) is 0 Å². The molecule has 1 fully saturated rings. The Kier molecular flexibility index (Phi) is 6.47. The normalized spacial score (nSPS) is 22.2. The fourth-order valence-electron chi connectivity index (χ4n) is 3.17. The van der Waals surface area contributed by atoms with Crippen molar-refractivity contribution in [2.75, 3.05) is 6.61 Å². The Labute approximate surface area is 126 Å². The maximum atomic E-state index is 13.5. The Bertz CT molecular complexity index is 425. The Morgan fingerprint density at radius 1 is 1.05 bits per heavy atom. The van der Waals surface area contributed by atoms with Gasteiger partial charge in [-0.3, -0.25) is 0 Å². The molecule has 0 spiro atoms. The molecule has 1 aliphatic rings. The summed E-state index contributed by atoms with van der Waals surface area (Å²) in [6, 6.07) is 4.09. The van der Waals surface area contributed by atoms with Crippen LogP contribution in [-0.4, -0.2) is 6.61 Å². The van der Waals surface area contributed by atoms with Gasteiger partial charge < -0.3 is 4.74 Å².